The maximum Gasteiger partial charge on any atom is 0.337 e. The van der Waals surface area contributed by atoms with Gasteiger partial charge in [0, 0.05) is 17.5 Å². The second kappa shape index (κ2) is 7.87. The molecule has 0 atom stereocenters. The first kappa shape index (κ1) is 19.4. The van der Waals surface area contributed by atoms with Crippen LogP contribution in [0.25, 0.3) is 11.0 Å². The van der Waals surface area contributed by atoms with E-state index in [1.165, 1.54) is 13.2 Å². The van der Waals surface area contributed by atoms with Crippen molar-refractivity contribution < 1.29 is 13.9 Å². The Bertz CT molecular complexity index is 1290. The van der Waals surface area contributed by atoms with E-state index in [1.807, 2.05) is 48.9 Å². The summed E-state index contributed by atoms with van der Waals surface area (Å²) in [5.74, 6) is 0.139. The fourth-order valence-electron chi connectivity index (χ4n) is 3.43. The number of aryl methyl sites for hydroxylation is 1. The number of benzene rings is 2. The highest BCUT2D eigenvalue weighted by atomic mass is 16.5. The lowest BCUT2D eigenvalue weighted by Gasteiger charge is -2.09. The van der Waals surface area contributed by atoms with E-state index in [0.29, 0.717) is 34.6 Å². The molecule has 4 aromatic rings. The third-order valence-corrected chi connectivity index (χ3v) is 4.99. The zero-order valence-electron chi connectivity index (χ0n) is 16.9. The first-order valence-electron chi connectivity index (χ1n) is 9.47. The third kappa shape index (κ3) is 3.69. The fourth-order valence-corrected chi connectivity index (χ4v) is 3.43. The van der Waals surface area contributed by atoms with Crippen LogP contribution in [0.15, 0.2) is 63.8 Å². The molecule has 30 heavy (non-hydrogen) atoms. The van der Waals surface area contributed by atoms with Gasteiger partial charge in [-0.15, -0.1) is 0 Å². The number of methoxy groups -OCH3 is 1. The maximum atomic E-state index is 13.0. The van der Waals surface area contributed by atoms with Crippen molar-refractivity contribution in [1.82, 2.24) is 9.78 Å². The zero-order chi connectivity index (χ0) is 21.3. The van der Waals surface area contributed by atoms with Gasteiger partial charge < -0.3 is 14.5 Å². The second-order valence-electron chi connectivity index (χ2n) is 6.98. The number of amides is 1. The van der Waals surface area contributed by atoms with Gasteiger partial charge in [0.15, 0.2) is 0 Å². The lowest BCUT2D eigenvalue weighted by atomic mass is 10.1. The number of hydrogen-bond acceptors (Lipinski definition) is 5. The van der Waals surface area contributed by atoms with E-state index in [4.69, 9.17) is 9.15 Å². The quantitative estimate of drug-likeness (QED) is 0.511. The number of aromatic nitrogens is 2. The molecule has 4 rings (SSSR count). The number of ether oxygens (including phenoxy) is 1. The average molecular weight is 403 g/mol. The number of rotatable bonds is 5. The van der Waals surface area contributed by atoms with Crippen LogP contribution in [0.3, 0.4) is 0 Å². The first-order valence-corrected chi connectivity index (χ1v) is 9.47. The molecule has 152 valence electrons. The molecule has 0 fully saturated rings. The topological polar surface area (TPSA) is 86.4 Å². The minimum Gasteiger partial charge on any atom is -0.497 e. The Morgan fingerprint density at radius 2 is 1.90 bits per heavy atom. The summed E-state index contributed by atoms with van der Waals surface area (Å²) < 4.78 is 12.2. The number of nitrogens with one attached hydrogen (secondary N) is 1. The number of hydrogen-bond donors (Lipinski definition) is 1. The molecule has 7 nitrogen and oxygen atoms in total. The fraction of sp³-hybridized carbons (Fsp3) is 0.174. The van der Waals surface area contributed by atoms with Gasteiger partial charge in [-0.05, 0) is 31.5 Å². The van der Waals surface area contributed by atoms with Gasteiger partial charge in [0.05, 0.1) is 36.3 Å². The minimum absolute atomic E-state index is 0.235. The standard InChI is InChI=1S/C23H21N3O4/c1-14-22(15(2)26(25-14)13-16-7-5-4-6-8-16)24-23(28)19-12-21(27)30-20-11-17(29-3)9-10-18(19)20/h4-12H,13H2,1-3H3,(H,24,28). The van der Waals surface area contributed by atoms with Crippen LogP contribution in [0.4, 0.5) is 5.69 Å². The molecule has 2 heterocycles. The minimum atomic E-state index is -0.603. The molecule has 7 heteroatoms. The van der Waals surface area contributed by atoms with Crippen molar-refractivity contribution in [3.05, 3.63) is 87.5 Å². The van der Waals surface area contributed by atoms with Crippen LogP contribution in [0.1, 0.15) is 27.3 Å². The molecule has 0 bridgehead atoms. The number of fused-ring (bicyclic) bond motifs is 1. The predicted molar refractivity (Wildman–Crippen MR) is 114 cm³/mol. The van der Waals surface area contributed by atoms with Crippen LogP contribution < -0.4 is 15.7 Å². The highest BCUT2D eigenvalue weighted by molar-refractivity contribution is 6.12. The molecular weight excluding hydrogens is 382 g/mol. The van der Waals surface area contributed by atoms with Crippen molar-refractivity contribution in [2.45, 2.75) is 20.4 Å². The number of anilines is 1. The number of carbonyl (C=O) groups excluding carboxylic acids is 1. The van der Waals surface area contributed by atoms with Crippen molar-refractivity contribution in [1.29, 1.82) is 0 Å². The highest BCUT2D eigenvalue weighted by Crippen LogP contribution is 2.25. The van der Waals surface area contributed by atoms with Crippen LogP contribution >= 0.6 is 0 Å². The molecule has 0 saturated carbocycles. The van der Waals surface area contributed by atoms with Crippen molar-refractivity contribution >= 4 is 22.6 Å². The van der Waals surface area contributed by atoms with Crippen molar-refractivity contribution in [3.8, 4) is 5.75 Å². The third-order valence-electron chi connectivity index (χ3n) is 4.99. The van der Waals surface area contributed by atoms with Gasteiger partial charge in [-0.2, -0.15) is 5.10 Å². The molecule has 1 amide bonds. The number of nitrogens with zero attached hydrogens (tertiary/aromatic N) is 2. The Kier molecular flexibility index (Phi) is 5.10. The van der Waals surface area contributed by atoms with Gasteiger partial charge in [0.2, 0.25) is 0 Å². The van der Waals surface area contributed by atoms with Crippen molar-refractivity contribution in [3.63, 3.8) is 0 Å². The van der Waals surface area contributed by atoms with Gasteiger partial charge in [-0.25, -0.2) is 4.79 Å². The monoisotopic (exact) mass is 403 g/mol. The molecule has 0 spiro atoms. The van der Waals surface area contributed by atoms with E-state index >= 15 is 0 Å². The smallest absolute Gasteiger partial charge is 0.337 e. The molecule has 0 saturated heterocycles. The van der Waals surface area contributed by atoms with E-state index in [1.54, 1.807) is 18.2 Å². The molecule has 2 aromatic heterocycles. The van der Waals surface area contributed by atoms with Crippen LogP contribution in [0.5, 0.6) is 5.75 Å². The summed E-state index contributed by atoms with van der Waals surface area (Å²) in [7, 11) is 1.52. The summed E-state index contributed by atoms with van der Waals surface area (Å²) in [6.07, 6.45) is 0. The Balaban J connectivity index is 1.67. The van der Waals surface area contributed by atoms with Crippen LogP contribution in [-0.2, 0) is 6.54 Å². The Hall–Kier alpha value is -3.87. The summed E-state index contributed by atoms with van der Waals surface area (Å²) in [5, 5.41) is 8.00. The SMILES string of the molecule is COc1ccc2c(C(=O)Nc3c(C)nn(Cc4ccccc4)c3C)cc(=O)oc2c1. The molecule has 2 aromatic carbocycles. The lowest BCUT2D eigenvalue weighted by Crippen LogP contribution is -2.16. The molecule has 1 N–H and O–H groups in total. The summed E-state index contributed by atoms with van der Waals surface area (Å²) in [5.41, 5.74) is 3.20. The van der Waals surface area contributed by atoms with Crippen LogP contribution in [0, 0.1) is 13.8 Å². The Labute approximate surface area is 172 Å². The van der Waals surface area contributed by atoms with Crippen LogP contribution in [-0.4, -0.2) is 22.8 Å². The lowest BCUT2D eigenvalue weighted by molar-refractivity contribution is 0.102. The van der Waals surface area contributed by atoms with E-state index in [-0.39, 0.29) is 5.56 Å². The maximum absolute atomic E-state index is 13.0. The molecular formula is C23H21N3O4. The molecule has 0 aliphatic rings. The van der Waals surface area contributed by atoms with Gasteiger partial charge in [0.1, 0.15) is 11.3 Å². The summed E-state index contributed by atoms with van der Waals surface area (Å²) in [6, 6.07) is 16.2. The van der Waals surface area contributed by atoms with Gasteiger partial charge in [-0.1, -0.05) is 30.3 Å². The van der Waals surface area contributed by atoms with Crippen molar-refractivity contribution in [2.75, 3.05) is 12.4 Å². The summed E-state index contributed by atoms with van der Waals surface area (Å²) in [6.45, 7) is 4.34. The summed E-state index contributed by atoms with van der Waals surface area (Å²) in [4.78, 5) is 25.0. The van der Waals surface area contributed by atoms with E-state index in [9.17, 15) is 9.59 Å². The van der Waals surface area contributed by atoms with E-state index in [2.05, 4.69) is 10.4 Å². The normalized spacial score (nSPS) is 10.9. The first-order chi connectivity index (χ1) is 14.5. The second-order valence-corrected chi connectivity index (χ2v) is 6.98. The molecule has 0 aliphatic carbocycles. The van der Waals surface area contributed by atoms with E-state index < -0.39 is 11.5 Å². The molecule has 0 aliphatic heterocycles. The average Bonchev–Trinajstić information content (AvgIpc) is 3.00. The Morgan fingerprint density at radius 3 is 2.63 bits per heavy atom. The number of carbonyl (C=O) groups is 1. The van der Waals surface area contributed by atoms with Gasteiger partial charge in [-0.3, -0.25) is 9.48 Å². The molecule has 0 unspecified atom stereocenters. The van der Waals surface area contributed by atoms with Gasteiger partial charge >= 0.3 is 5.63 Å². The van der Waals surface area contributed by atoms with E-state index in [0.717, 1.165) is 11.3 Å². The zero-order valence-corrected chi connectivity index (χ0v) is 16.9. The molecule has 0 radical (unpaired) electrons. The van der Waals surface area contributed by atoms with Gasteiger partial charge in [0.25, 0.3) is 5.91 Å². The highest BCUT2D eigenvalue weighted by Gasteiger charge is 2.18. The largest absolute Gasteiger partial charge is 0.497 e. The summed E-state index contributed by atoms with van der Waals surface area (Å²) >= 11 is 0. The predicted octanol–water partition coefficient (Wildman–Crippen LogP) is 3.92. The van der Waals surface area contributed by atoms with Crippen LogP contribution in [0.2, 0.25) is 0 Å². The van der Waals surface area contributed by atoms with Crippen molar-refractivity contribution in [2.24, 2.45) is 0 Å². The Morgan fingerprint density at radius 1 is 1.13 bits per heavy atom.